The van der Waals surface area contributed by atoms with E-state index in [1.54, 1.807) is 6.92 Å². The van der Waals surface area contributed by atoms with Gasteiger partial charge in [0.05, 0.1) is 5.75 Å². The van der Waals surface area contributed by atoms with Gasteiger partial charge in [0.2, 0.25) is 0 Å². The third kappa shape index (κ3) is 17.7. The van der Waals surface area contributed by atoms with E-state index >= 15 is 0 Å². The van der Waals surface area contributed by atoms with Crippen molar-refractivity contribution in [2.75, 3.05) is 5.75 Å². The van der Waals surface area contributed by atoms with Crippen molar-refractivity contribution in [3.05, 3.63) is 0 Å². The standard InChI is InChI=1S/C3H8O3S.Na.H2O/c1-2-3-7(4,5)6;;/h2-3H2,1H3,(H,4,5,6);;1H2. The van der Waals surface area contributed by atoms with Crippen LogP contribution in [-0.4, -0.2) is 53.8 Å². The van der Waals surface area contributed by atoms with E-state index in [-0.39, 0.29) is 40.8 Å². The minimum absolute atomic E-state index is 0. The van der Waals surface area contributed by atoms with Gasteiger partial charge in [-0.25, -0.2) is 0 Å². The Labute approximate surface area is 77.0 Å². The smallest absolute Gasteiger partial charge is 0.264 e. The van der Waals surface area contributed by atoms with Crippen molar-refractivity contribution in [1.29, 1.82) is 0 Å². The summed E-state index contributed by atoms with van der Waals surface area (Å²) in [6.45, 7) is 1.69. The predicted octanol–water partition coefficient (Wildman–Crippen LogP) is -0.921. The monoisotopic (exact) mass is 165 g/mol. The zero-order valence-corrected chi connectivity index (χ0v) is 8.40. The Morgan fingerprint density at radius 1 is 1.44 bits per heavy atom. The van der Waals surface area contributed by atoms with E-state index in [9.17, 15) is 8.42 Å². The summed E-state index contributed by atoms with van der Waals surface area (Å²) in [5.41, 5.74) is 0. The molecule has 0 saturated carbocycles. The van der Waals surface area contributed by atoms with Crippen LogP contribution < -0.4 is 0 Å². The van der Waals surface area contributed by atoms with Crippen LogP contribution in [0.4, 0.5) is 0 Å². The molecule has 0 rings (SSSR count). The first-order chi connectivity index (χ1) is 3.06. The number of rotatable bonds is 2. The van der Waals surface area contributed by atoms with Crippen LogP contribution in [0.5, 0.6) is 0 Å². The molecule has 9 heavy (non-hydrogen) atoms. The normalized spacial score (nSPS) is 9.11. The Balaban J connectivity index is -0.000000180. The summed E-state index contributed by atoms with van der Waals surface area (Å²) in [5, 5.41) is 0. The Hall–Kier alpha value is 0.870. The van der Waals surface area contributed by atoms with Gasteiger partial charge in [0, 0.05) is 29.6 Å². The molecule has 4 nitrogen and oxygen atoms in total. The van der Waals surface area contributed by atoms with Crippen LogP contribution in [0.3, 0.4) is 0 Å². The van der Waals surface area contributed by atoms with Crippen LogP contribution in [0.1, 0.15) is 13.3 Å². The van der Waals surface area contributed by atoms with Crippen LogP contribution in [0.15, 0.2) is 0 Å². The molecule has 0 heterocycles. The summed E-state index contributed by atoms with van der Waals surface area (Å²) in [6, 6.07) is 0. The number of hydrogen-bond donors (Lipinski definition) is 1. The molecule has 6 heteroatoms. The quantitative estimate of drug-likeness (QED) is 0.424. The van der Waals surface area contributed by atoms with Crippen molar-refractivity contribution in [3.8, 4) is 0 Å². The molecule has 53 valence electrons. The Morgan fingerprint density at radius 2 is 1.78 bits per heavy atom. The summed E-state index contributed by atoms with van der Waals surface area (Å²) >= 11 is 0. The Kier molecular flexibility index (Phi) is 12.8. The first kappa shape index (κ1) is 16.5. The number of hydrogen-bond acceptors (Lipinski definition) is 2. The van der Waals surface area contributed by atoms with Crippen LogP contribution in [-0.2, 0) is 10.1 Å². The Bertz CT molecular complexity index is 129. The van der Waals surface area contributed by atoms with Gasteiger partial charge in [-0.05, 0) is 6.42 Å². The molecule has 0 aliphatic heterocycles. The molecule has 0 saturated heterocycles. The minimum Gasteiger partial charge on any atom is -0.412 e. The molecule has 0 amide bonds. The molecule has 3 N–H and O–H groups in total. The Morgan fingerprint density at radius 3 is 1.78 bits per heavy atom. The SMILES string of the molecule is CCCS(=O)(=O)O.O.[Na]. The van der Waals surface area contributed by atoms with Crippen molar-refractivity contribution < 1.29 is 18.4 Å². The third-order valence-electron chi connectivity index (χ3n) is 0.462. The van der Waals surface area contributed by atoms with Gasteiger partial charge >= 0.3 is 0 Å². The van der Waals surface area contributed by atoms with Gasteiger partial charge in [-0.15, -0.1) is 0 Å². The zero-order valence-electron chi connectivity index (χ0n) is 5.59. The maximum atomic E-state index is 9.79. The van der Waals surface area contributed by atoms with Crippen molar-refractivity contribution in [2.24, 2.45) is 0 Å². The van der Waals surface area contributed by atoms with Crippen molar-refractivity contribution in [3.63, 3.8) is 0 Å². The largest absolute Gasteiger partial charge is 0.412 e. The van der Waals surface area contributed by atoms with Gasteiger partial charge in [-0.1, -0.05) is 6.92 Å². The van der Waals surface area contributed by atoms with Gasteiger partial charge in [-0.3, -0.25) is 4.55 Å². The van der Waals surface area contributed by atoms with Gasteiger partial charge in [0.25, 0.3) is 10.1 Å². The summed E-state index contributed by atoms with van der Waals surface area (Å²) in [4.78, 5) is 0. The summed E-state index contributed by atoms with van der Waals surface area (Å²) in [7, 11) is -3.67. The second-order valence-corrected chi connectivity index (χ2v) is 2.86. The molecule has 0 unspecified atom stereocenters. The van der Waals surface area contributed by atoms with Gasteiger partial charge in [-0.2, -0.15) is 8.42 Å². The van der Waals surface area contributed by atoms with E-state index in [0.717, 1.165) is 0 Å². The fourth-order valence-corrected chi connectivity index (χ4v) is 0.774. The average Bonchev–Trinajstić information content (AvgIpc) is 1.30. The molecule has 0 aromatic carbocycles. The molecule has 0 spiro atoms. The molecule has 0 aromatic heterocycles. The molecule has 0 bridgehead atoms. The van der Waals surface area contributed by atoms with Crippen LogP contribution in [0, 0.1) is 0 Å². The maximum Gasteiger partial charge on any atom is 0.264 e. The fraction of sp³-hybridized carbons (Fsp3) is 1.00. The summed E-state index contributed by atoms with van der Waals surface area (Å²) < 4.78 is 27.6. The topological polar surface area (TPSA) is 85.9 Å². The fourth-order valence-electron chi connectivity index (χ4n) is 0.258. The minimum atomic E-state index is -3.67. The van der Waals surface area contributed by atoms with Crippen LogP contribution >= 0.6 is 0 Å². The molecule has 0 aromatic rings. The van der Waals surface area contributed by atoms with Crippen molar-refractivity contribution in [2.45, 2.75) is 13.3 Å². The zero-order chi connectivity index (χ0) is 5.91. The van der Waals surface area contributed by atoms with Gasteiger partial charge < -0.3 is 5.48 Å². The maximum absolute atomic E-state index is 9.79. The average molecular weight is 165 g/mol. The van der Waals surface area contributed by atoms with E-state index in [0.29, 0.717) is 6.42 Å². The summed E-state index contributed by atoms with van der Waals surface area (Å²) in [5.74, 6) is -0.132. The van der Waals surface area contributed by atoms with Crippen molar-refractivity contribution >= 4 is 39.7 Å². The van der Waals surface area contributed by atoms with Crippen molar-refractivity contribution in [1.82, 2.24) is 0 Å². The molecular weight excluding hydrogens is 155 g/mol. The van der Waals surface area contributed by atoms with Crippen LogP contribution in [0.25, 0.3) is 0 Å². The first-order valence-corrected chi connectivity index (χ1v) is 3.62. The predicted molar refractivity (Wildman–Crippen MR) is 36.1 cm³/mol. The molecular formula is C3H10NaO4S. The second kappa shape index (κ2) is 6.98. The summed E-state index contributed by atoms with van der Waals surface area (Å²) in [6.07, 6.45) is 0.471. The van der Waals surface area contributed by atoms with E-state index in [1.165, 1.54) is 0 Å². The molecule has 0 aliphatic carbocycles. The van der Waals surface area contributed by atoms with Gasteiger partial charge in [0.1, 0.15) is 0 Å². The molecule has 0 fully saturated rings. The van der Waals surface area contributed by atoms with E-state index in [1.807, 2.05) is 0 Å². The van der Waals surface area contributed by atoms with E-state index in [2.05, 4.69) is 0 Å². The molecule has 0 atom stereocenters. The first-order valence-electron chi connectivity index (χ1n) is 2.01. The van der Waals surface area contributed by atoms with Crippen LogP contribution in [0.2, 0.25) is 0 Å². The van der Waals surface area contributed by atoms with Gasteiger partial charge in [0.15, 0.2) is 0 Å². The molecule has 0 aliphatic rings. The van der Waals surface area contributed by atoms with E-state index < -0.39 is 10.1 Å². The molecule has 1 radical (unpaired) electrons. The third-order valence-corrected chi connectivity index (χ3v) is 1.39. The second-order valence-electron chi connectivity index (χ2n) is 1.29. The van der Waals surface area contributed by atoms with E-state index in [4.69, 9.17) is 4.55 Å².